The van der Waals surface area contributed by atoms with Gasteiger partial charge in [-0.2, -0.15) is 0 Å². The van der Waals surface area contributed by atoms with Crippen LogP contribution in [0.4, 0.5) is 0 Å². The van der Waals surface area contributed by atoms with Gasteiger partial charge in [0.1, 0.15) is 0 Å². The summed E-state index contributed by atoms with van der Waals surface area (Å²) in [6, 6.07) is 14.8. The maximum atomic E-state index is 12.8. The van der Waals surface area contributed by atoms with Crippen LogP contribution in [0.15, 0.2) is 47.6 Å². The lowest BCUT2D eigenvalue weighted by molar-refractivity contribution is -0.129. The third-order valence-corrected chi connectivity index (χ3v) is 6.00. The van der Waals surface area contributed by atoms with Crippen molar-refractivity contribution in [3.05, 3.63) is 59.2 Å². The Hall–Kier alpha value is -2.27. The van der Waals surface area contributed by atoms with Gasteiger partial charge in [-0.3, -0.25) is 4.79 Å². The lowest BCUT2D eigenvalue weighted by Crippen LogP contribution is -2.34. The standard InChI is InChI=1S/C21H23N3OS/c1-14-10-11-17-18(12-14)23-21(22-17)26-13-20(25)24(2)19-9-5-7-15-6-3-4-8-16(15)19/h3-4,6,8,10-12,19H,5,7,9,13H2,1-2H3,(H,22,23)/t19-/m1/s1. The van der Waals surface area contributed by atoms with Crippen molar-refractivity contribution in [1.29, 1.82) is 0 Å². The van der Waals surface area contributed by atoms with Crippen LogP contribution in [0.1, 0.15) is 35.6 Å². The van der Waals surface area contributed by atoms with E-state index < -0.39 is 0 Å². The summed E-state index contributed by atoms with van der Waals surface area (Å²) >= 11 is 1.48. The number of hydrogen-bond acceptors (Lipinski definition) is 3. The molecule has 1 aliphatic rings. The Bertz CT molecular complexity index is 949. The molecule has 0 aliphatic heterocycles. The first kappa shape index (κ1) is 17.2. The Morgan fingerprint density at radius 2 is 2.15 bits per heavy atom. The molecule has 5 heteroatoms. The number of aromatic amines is 1. The molecule has 0 saturated heterocycles. The van der Waals surface area contributed by atoms with Gasteiger partial charge < -0.3 is 9.88 Å². The van der Waals surface area contributed by atoms with Crippen molar-refractivity contribution in [3.8, 4) is 0 Å². The largest absolute Gasteiger partial charge is 0.338 e. The Labute approximate surface area is 158 Å². The highest BCUT2D eigenvalue weighted by molar-refractivity contribution is 7.99. The SMILES string of the molecule is Cc1ccc2nc(SCC(=O)N(C)[C@@H]3CCCc4ccccc43)[nH]c2c1. The fraction of sp³-hybridized carbons (Fsp3) is 0.333. The second-order valence-corrected chi connectivity index (χ2v) is 7.93. The highest BCUT2D eigenvalue weighted by atomic mass is 32.2. The first-order valence-corrected chi connectivity index (χ1v) is 10.0. The second kappa shape index (κ2) is 7.16. The lowest BCUT2D eigenvalue weighted by Gasteiger charge is -2.33. The number of imidazole rings is 1. The number of carbonyl (C=O) groups is 1. The molecule has 1 aliphatic carbocycles. The number of benzene rings is 2. The number of aryl methyl sites for hydroxylation is 2. The van der Waals surface area contributed by atoms with Crippen LogP contribution in [-0.2, 0) is 11.2 Å². The number of nitrogens with zero attached hydrogens (tertiary/aromatic N) is 2. The van der Waals surface area contributed by atoms with Crippen molar-refractivity contribution in [2.75, 3.05) is 12.8 Å². The van der Waals surface area contributed by atoms with Crippen LogP contribution in [0.2, 0.25) is 0 Å². The molecule has 0 unspecified atom stereocenters. The fourth-order valence-corrected chi connectivity index (χ4v) is 4.51. The van der Waals surface area contributed by atoms with Crippen LogP contribution in [0.3, 0.4) is 0 Å². The molecule has 0 radical (unpaired) electrons. The van der Waals surface area contributed by atoms with Gasteiger partial charge in [0.25, 0.3) is 0 Å². The zero-order chi connectivity index (χ0) is 18.1. The van der Waals surface area contributed by atoms with Crippen LogP contribution in [0.5, 0.6) is 0 Å². The number of aromatic nitrogens is 2. The molecular formula is C21H23N3OS. The van der Waals surface area contributed by atoms with Gasteiger partial charge in [0, 0.05) is 7.05 Å². The summed E-state index contributed by atoms with van der Waals surface area (Å²) in [5.74, 6) is 0.543. The molecule has 0 spiro atoms. The van der Waals surface area contributed by atoms with Crippen LogP contribution >= 0.6 is 11.8 Å². The molecule has 1 amide bonds. The quantitative estimate of drug-likeness (QED) is 0.693. The Kier molecular flexibility index (Phi) is 4.72. The molecule has 0 fully saturated rings. The molecule has 2 aromatic carbocycles. The number of nitrogens with one attached hydrogen (secondary N) is 1. The zero-order valence-corrected chi connectivity index (χ0v) is 16.0. The number of amides is 1. The minimum Gasteiger partial charge on any atom is -0.338 e. The van der Waals surface area contributed by atoms with E-state index >= 15 is 0 Å². The van der Waals surface area contributed by atoms with E-state index in [4.69, 9.17) is 0 Å². The summed E-state index contributed by atoms with van der Waals surface area (Å²) in [4.78, 5) is 22.5. The Morgan fingerprint density at radius 1 is 1.31 bits per heavy atom. The van der Waals surface area contributed by atoms with E-state index in [1.807, 2.05) is 18.0 Å². The fourth-order valence-electron chi connectivity index (χ4n) is 3.70. The van der Waals surface area contributed by atoms with Gasteiger partial charge >= 0.3 is 0 Å². The van der Waals surface area contributed by atoms with E-state index in [9.17, 15) is 4.79 Å². The van der Waals surface area contributed by atoms with Crippen molar-refractivity contribution in [1.82, 2.24) is 14.9 Å². The van der Waals surface area contributed by atoms with Crippen molar-refractivity contribution in [2.24, 2.45) is 0 Å². The van der Waals surface area contributed by atoms with Gasteiger partial charge in [0.2, 0.25) is 5.91 Å². The molecule has 1 N–H and O–H groups in total. The highest BCUT2D eigenvalue weighted by Gasteiger charge is 2.26. The van der Waals surface area contributed by atoms with E-state index in [1.165, 1.54) is 28.5 Å². The smallest absolute Gasteiger partial charge is 0.233 e. The van der Waals surface area contributed by atoms with Gasteiger partial charge in [-0.05, 0) is 55.0 Å². The monoisotopic (exact) mass is 365 g/mol. The summed E-state index contributed by atoms with van der Waals surface area (Å²) in [7, 11) is 1.93. The van der Waals surface area contributed by atoms with E-state index in [1.54, 1.807) is 0 Å². The van der Waals surface area contributed by atoms with Gasteiger partial charge in [0.15, 0.2) is 5.16 Å². The summed E-state index contributed by atoms with van der Waals surface area (Å²) in [5.41, 5.74) is 5.85. The summed E-state index contributed by atoms with van der Waals surface area (Å²) in [6.45, 7) is 2.06. The maximum absolute atomic E-state index is 12.8. The number of hydrogen-bond donors (Lipinski definition) is 1. The highest BCUT2D eigenvalue weighted by Crippen LogP contribution is 2.34. The number of carbonyl (C=O) groups excluding carboxylic acids is 1. The molecule has 4 nitrogen and oxygen atoms in total. The predicted molar refractivity (Wildman–Crippen MR) is 106 cm³/mol. The summed E-state index contributed by atoms with van der Waals surface area (Å²) in [5, 5.41) is 0.802. The van der Waals surface area contributed by atoms with Gasteiger partial charge in [0.05, 0.1) is 22.8 Å². The van der Waals surface area contributed by atoms with E-state index in [0.29, 0.717) is 5.75 Å². The first-order valence-electron chi connectivity index (χ1n) is 9.04. The first-order chi connectivity index (χ1) is 12.6. The molecule has 1 heterocycles. The lowest BCUT2D eigenvalue weighted by atomic mass is 9.87. The van der Waals surface area contributed by atoms with Gasteiger partial charge in [-0.25, -0.2) is 4.98 Å². The van der Waals surface area contributed by atoms with Crippen molar-refractivity contribution in [2.45, 2.75) is 37.4 Å². The Morgan fingerprint density at radius 3 is 3.04 bits per heavy atom. The molecule has 0 saturated carbocycles. The second-order valence-electron chi connectivity index (χ2n) is 6.96. The third-order valence-electron chi connectivity index (χ3n) is 5.15. The van der Waals surface area contributed by atoms with Gasteiger partial charge in [-0.1, -0.05) is 42.1 Å². The van der Waals surface area contributed by atoms with Crippen LogP contribution in [0, 0.1) is 6.92 Å². The average molecular weight is 366 g/mol. The van der Waals surface area contributed by atoms with E-state index in [0.717, 1.165) is 35.5 Å². The van der Waals surface area contributed by atoms with Crippen molar-refractivity contribution in [3.63, 3.8) is 0 Å². The molecule has 134 valence electrons. The molecular weight excluding hydrogens is 342 g/mol. The third kappa shape index (κ3) is 3.36. The number of H-pyrrole nitrogens is 1. The minimum atomic E-state index is 0.147. The normalized spacial score (nSPS) is 16.5. The van der Waals surface area contributed by atoms with Gasteiger partial charge in [-0.15, -0.1) is 0 Å². The van der Waals surface area contributed by atoms with E-state index in [2.05, 4.69) is 53.3 Å². The Balaban J connectivity index is 1.44. The predicted octanol–water partition coefficient (Wildman–Crippen LogP) is 4.50. The van der Waals surface area contributed by atoms with Crippen LogP contribution < -0.4 is 0 Å². The number of fused-ring (bicyclic) bond motifs is 2. The van der Waals surface area contributed by atoms with E-state index in [-0.39, 0.29) is 11.9 Å². The maximum Gasteiger partial charge on any atom is 0.233 e. The topological polar surface area (TPSA) is 49.0 Å². The van der Waals surface area contributed by atoms with Crippen LogP contribution in [-0.4, -0.2) is 33.6 Å². The molecule has 3 aromatic rings. The number of thioether (sulfide) groups is 1. The molecule has 4 rings (SSSR count). The summed E-state index contributed by atoms with van der Waals surface area (Å²) < 4.78 is 0. The molecule has 0 bridgehead atoms. The zero-order valence-electron chi connectivity index (χ0n) is 15.2. The average Bonchev–Trinajstić information content (AvgIpc) is 3.07. The molecule has 1 atom stereocenters. The van der Waals surface area contributed by atoms with Crippen molar-refractivity contribution >= 4 is 28.7 Å². The molecule has 1 aromatic heterocycles. The van der Waals surface area contributed by atoms with Crippen molar-refractivity contribution < 1.29 is 4.79 Å². The summed E-state index contributed by atoms with van der Waals surface area (Å²) in [6.07, 6.45) is 3.28. The van der Waals surface area contributed by atoms with Crippen LogP contribution in [0.25, 0.3) is 11.0 Å². The number of rotatable bonds is 4. The minimum absolute atomic E-state index is 0.147. The molecule has 26 heavy (non-hydrogen) atoms.